The van der Waals surface area contributed by atoms with Crippen LogP contribution in [0.4, 0.5) is 13.2 Å². The Hall–Kier alpha value is -2.99. The highest BCUT2D eigenvalue weighted by molar-refractivity contribution is 6.30. The molecule has 7 heteroatoms. The van der Waals surface area contributed by atoms with Crippen LogP contribution in [0.1, 0.15) is 11.1 Å². The Labute approximate surface area is 163 Å². The second-order valence-corrected chi connectivity index (χ2v) is 6.63. The maximum absolute atomic E-state index is 12.9. The average Bonchev–Trinajstić information content (AvgIpc) is 3.05. The van der Waals surface area contributed by atoms with Crippen molar-refractivity contribution in [1.29, 1.82) is 0 Å². The minimum Gasteiger partial charge on any atom is -0.407 e. The zero-order valence-electron chi connectivity index (χ0n) is 14.4. The van der Waals surface area contributed by atoms with Gasteiger partial charge in [-0.15, -0.1) is 0 Å². The van der Waals surface area contributed by atoms with Crippen LogP contribution in [-0.2, 0) is 12.8 Å². The molecule has 0 aliphatic heterocycles. The zero-order valence-corrected chi connectivity index (χ0v) is 15.2. The third-order valence-electron chi connectivity index (χ3n) is 4.24. The lowest BCUT2D eigenvalue weighted by Crippen LogP contribution is -2.13. The fraction of sp³-hybridized carbons (Fsp3) is 0.0952. The molecular formula is C21H14ClF3N2O. The van der Waals surface area contributed by atoms with E-state index in [1.807, 2.05) is 36.4 Å². The monoisotopic (exact) mass is 402 g/mol. The highest BCUT2D eigenvalue weighted by atomic mass is 35.5. The van der Waals surface area contributed by atoms with Gasteiger partial charge in [0.05, 0.1) is 11.1 Å². The second-order valence-electron chi connectivity index (χ2n) is 6.20. The van der Waals surface area contributed by atoms with Gasteiger partial charge in [0.2, 0.25) is 0 Å². The number of halogens is 4. The van der Waals surface area contributed by atoms with E-state index in [4.69, 9.17) is 16.4 Å². The number of rotatable bonds is 4. The molecule has 0 aliphatic carbocycles. The third-order valence-corrected chi connectivity index (χ3v) is 4.49. The molecule has 0 saturated heterocycles. The van der Waals surface area contributed by atoms with Crippen LogP contribution < -0.4 is 4.84 Å². The predicted octanol–water partition coefficient (Wildman–Crippen LogP) is 6.00. The maximum Gasteiger partial charge on any atom is 0.416 e. The number of imidazole rings is 1. The molecule has 0 saturated carbocycles. The van der Waals surface area contributed by atoms with Crippen molar-refractivity contribution < 1.29 is 18.0 Å². The summed E-state index contributed by atoms with van der Waals surface area (Å²) in [5.74, 6) is 0.546. The summed E-state index contributed by atoms with van der Waals surface area (Å²) in [6, 6.07) is 19.6. The number of alkyl halides is 3. The smallest absolute Gasteiger partial charge is 0.407 e. The topological polar surface area (TPSA) is 27.1 Å². The van der Waals surface area contributed by atoms with Crippen molar-refractivity contribution in [1.82, 2.24) is 9.71 Å². The van der Waals surface area contributed by atoms with Crippen molar-refractivity contribution >= 4 is 22.6 Å². The van der Waals surface area contributed by atoms with E-state index in [1.54, 1.807) is 22.9 Å². The first-order valence-electron chi connectivity index (χ1n) is 8.45. The fourth-order valence-electron chi connectivity index (χ4n) is 2.89. The lowest BCUT2D eigenvalue weighted by Gasteiger charge is -2.13. The van der Waals surface area contributed by atoms with Crippen molar-refractivity contribution in [3.05, 3.63) is 88.9 Å². The molecule has 1 heterocycles. The first kappa shape index (κ1) is 18.4. The molecule has 28 heavy (non-hydrogen) atoms. The Kier molecular flexibility index (Phi) is 4.73. The Balaban J connectivity index is 1.70. The summed E-state index contributed by atoms with van der Waals surface area (Å²) < 4.78 is 40.4. The lowest BCUT2D eigenvalue weighted by atomic mass is 10.1. The summed E-state index contributed by atoms with van der Waals surface area (Å²) in [5, 5.41) is 0.594. The molecule has 0 unspecified atom stereocenters. The van der Waals surface area contributed by atoms with Gasteiger partial charge in [0.15, 0.2) is 5.82 Å². The zero-order chi connectivity index (χ0) is 19.7. The average molecular weight is 403 g/mol. The van der Waals surface area contributed by atoms with Gasteiger partial charge in [0, 0.05) is 10.6 Å². The molecule has 4 rings (SSSR count). The normalized spacial score (nSPS) is 11.7. The van der Waals surface area contributed by atoms with Gasteiger partial charge in [-0.05, 0) is 54.1 Å². The maximum atomic E-state index is 12.9. The van der Waals surface area contributed by atoms with Gasteiger partial charge in [-0.3, -0.25) is 0 Å². The second kappa shape index (κ2) is 7.20. The van der Waals surface area contributed by atoms with E-state index in [2.05, 4.69) is 4.98 Å². The Morgan fingerprint density at radius 1 is 0.929 bits per heavy atom. The molecule has 3 nitrogen and oxygen atoms in total. The van der Waals surface area contributed by atoms with Crippen molar-refractivity contribution in [2.24, 2.45) is 0 Å². The van der Waals surface area contributed by atoms with Crippen molar-refractivity contribution in [2.45, 2.75) is 12.8 Å². The summed E-state index contributed by atoms with van der Waals surface area (Å²) in [7, 11) is 0. The van der Waals surface area contributed by atoms with E-state index in [1.165, 1.54) is 6.07 Å². The van der Waals surface area contributed by atoms with Crippen LogP contribution in [-0.4, -0.2) is 9.71 Å². The van der Waals surface area contributed by atoms with Crippen LogP contribution in [0.2, 0.25) is 5.02 Å². The third kappa shape index (κ3) is 3.68. The van der Waals surface area contributed by atoms with Crippen LogP contribution in [0.5, 0.6) is 0 Å². The van der Waals surface area contributed by atoms with E-state index >= 15 is 0 Å². The van der Waals surface area contributed by atoms with Crippen LogP contribution >= 0.6 is 11.6 Å². The van der Waals surface area contributed by atoms with Crippen molar-refractivity contribution in [3.63, 3.8) is 0 Å². The SMILES string of the molecule is FC(F)(F)c1cccc(COn2c(-c3ccc(Cl)cc3)nc3ccccc32)c1. The first-order chi connectivity index (χ1) is 13.4. The quantitative estimate of drug-likeness (QED) is 0.418. The molecule has 0 bridgehead atoms. The van der Waals surface area contributed by atoms with E-state index < -0.39 is 11.7 Å². The molecule has 0 fully saturated rings. The highest BCUT2D eigenvalue weighted by Crippen LogP contribution is 2.30. The van der Waals surface area contributed by atoms with Gasteiger partial charge in [0.1, 0.15) is 12.1 Å². The molecule has 3 aromatic carbocycles. The summed E-state index contributed by atoms with van der Waals surface area (Å²) in [4.78, 5) is 10.5. The largest absolute Gasteiger partial charge is 0.416 e. The highest BCUT2D eigenvalue weighted by Gasteiger charge is 2.30. The number of para-hydroxylation sites is 2. The van der Waals surface area contributed by atoms with Gasteiger partial charge in [-0.2, -0.15) is 17.9 Å². The Morgan fingerprint density at radius 3 is 2.43 bits per heavy atom. The number of fused-ring (bicyclic) bond motifs is 1. The lowest BCUT2D eigenvalue weighted by molar-refractivity contribution is -0.137. The number of hydrogen-bond donors (Lipinski definition) is 0. The number of benzene rings is 3. The molecule has 0 N–H and O–H groups in total. The predicted molar refractivity (Wildman–Crippen MR) is 102 cm³/mol. The molecule has 0 atom stereocenters. The summed E-state index contributed by atoms with van der Waals surface area (Å²) in [6.07, 6.45) is -4.40. The summed E-state index contributed by atoms with van der Waals surface area (Å²) in [5.41, 5.74) is 1.93. The minimum atomic E-state index is -4.40. The first-order valence-corrected chi connectivity index (χ1v) is 8.82. The van der Waals surface area contributed by atoms with Gasteiger partial charge in [-0.1, -0.05) is 35.9 Å². The van der Waals surface area contributed by atoms with Crippen LogP contribution in [0.3, 0.4) is 0 Å². The van der Waals surface area contributed by atoms with Gasteiger partial charge in [0.25, 0.3) is 0 Å². The van der Waals surface area contributed by atoms with Crippen molar-refractivity contribution in [2.75, 3.05) is 0 Å². The minimum absolute atomic E-state index is 0.0368. The molecule has 1 aromatic heterocycles. The van der Waals surface area contributed by atoms with Crippen LogP contribution in [0.25, 0.3) is 22.4 Å². The van der Waals surface area contributed by atoms with Crippen LogP contribution in [0.15, 0.2) is 72.8 Å². The molecule has 0 aliphatic rings. The molecule has 0 spiro atoms. The van der Waals surface area contributed by atoms with Gasteiger partial charge < -0.3 is 4.84 Å². The molecule has 0 amide bonds. The number of hydrogen-bond acceptors (Lipinski definition) is 2. The van der Waals surface area contributed by atoms with Crippen LogP contribution in [0, 0.1) is 0 Å². The standard InChI is InChI=1S/C21H14ClF3N2O/c22-17-10-8-15(9-11-17)20-26-18-6-1-2-7-19(18)27(20)28-13-14-4-3-5-16(12-14)21(23,24)25/h1-12H,13H2. The van der Waals surface area contributed by atoms with E-state index in [0.717, 1.165) is 28.7 Å². The Bertz CT molecular complexity index is 1120. The van der Waals surface area contributed by atoms with E-state index in [0.29, 0.717) is 16.4 Å². The molecule has 142 valence electrons. The molecule has 4 aromatic rings. The fourth-order valence-corrected chi connectivity index (χ4v) is 3.02. The summed E-state index contributed by atoms with van der Waals surface area (Å²) >= 11 is 5.96. The van der Waals surface area contributed by atoms with E-state index in [9.17, 15) is 13.2 Å². The van der Waals surface area contributed by atoms with Crippen molar-refractivity contribution in [3.8, 4) is 11.4 Å². The molecular weight excluding hydrogens is 389 g/mol. The molecule has 0 radical (unpaired) electrons. The number of nitrogens with zero attached hydrogens (tertiary/aromatic N) is 2. The summed E-state index contributed by atoms with van der Waals surface area (Å²) in [6.45, 7) is -0.0368. The van der Waals surface area contributed by atoms with Gasteiger partial charge in [-0.25, -0.2) is 4.98 Å². The Morgan fingerprint density at radius 2 is 1.68 bits per heavy atom. The van der Waals surface area contributed by atoms with E-state index in [-0.39, 0.29) is 6.61 Å². The number of aromatic nitrogens is 2. The van der Waals surface area contributed by atoms with Gasteiger partial charge >= 0.3 is 6.18 Å².